The lowest BCUT2D eigenvalue weighted by molar-refractivity contribution is 0.150. The molecule has 0 aromatic heterocycles. The molecular weight excluding hydrogens is 212 g/mol. The topological polar surface area (TPSA) is 38.5 Å². The number of hydrogen-bond donors (Lipinski definition) is 1. The van der Waals surface area contributed by atoms with Crippen LogP contribution in [0.2, 0.25) is 0 Å². The van der Waals surface area contributed by atoms with Crippen LogP contribution < -0.4 is 5.73 Å². The summed E-state index contributed by atoms with van der Waals surface area (Å²) in [5.74, 6) is 0. The molecule has 1 aromatic carbocycles. The second kappa shape index (κ2) is 7.43. The van der Waals surface area contributed by atoms with Crippen molar-refractivity contribution in [1.29, 1.82) is 0 Å². The molecule has 1 rings (SSSR count). The zero-order valence-corrected chi connectivity index (χ0v) is 11.1. The van der Waals surface area contributed by atoms with Gasteiger partial charge in [0.05, 0.1) is 0 Å². The fourth-order valence-electron chi connectivity index (χ4n) is 1.81. The number of methoxy groups -OCH3 is 1. The Kier molecular flexibility index (Phi) is 6.19. The van der Waals surface area contributed by atoms with E-state index in [4.69, 9.17) is 10.5 Å². The van der Waals surface area contributed by atoms with E-state index in [1.165, 1.54) is 11.1 Å². The van der Waals surface area contributed by atoms with Gasteiger partial charge in [0.2, 0.25) is 0 Å². The van der Waals surface area contributed by atoms with Crippen molar-refractivity contribution < 1.29 is 4.74 Å². The Balaban J connectivity index is 2.51. The lowest BCUT2D eigenvalue weighted by Gasteiger charge is -2.24. The van der Waals surface area contributed by atoms with E-state index in [-0.39, 0.29) is 0 Å². The zero-order chi connectivity index (χ0) is 12.7. The summed E-state index contributed by atoms with van der Waals surface area (Å²) < 4.78 is 5.11. The molecule has 0 amide bonds. The van der Waals surface area contributed by atoms with Crippen molar-refractivity contribution in [2.24, 2.45) is 5.73 Å². The van der Waals surface area contributed by atoms with E-state index in [2.05, 4.69) is 43.1 Å². The van der Waals surface area contributed by atoms with E-state index in [0.29, 0.717) is 12.6 Å². The van der Waals surface area contributed by atoms with Crippen molar-refractivity contribution in [1.82, 2.24) is 4.90 Å². The fraction of sp³-hybridized carbons (Fsp3) is 0.571. The number of nitrogens with zero attached hydrogens (tertiary/aromatic N) is 1. The van der Waals surface area contributed by atoms with Crippen molar-refractivity contribution in [2.75, 3.05) is 20.8 Å². The Morgan fingerprint density at radius 2 is 2.06 bits per heavy atom. The van der Waals surface area contributed by atoms with Gasteiger partial charge in [0.25, 0.3) is 0 Å². The zero-order valence-electron chi connectivity index (χ0n) is 11.1. The van der Waals surface area contributed by atoms with Crippen molar-refractivity contribution in [3.8, 4) is 0 Å². The van der Waals surface area contributed by atoms with E-state index in [9.17, 15) is 0 Å². The Hall–Kier alpha value is -0.900. The van der Waals surface area contributed by atoms with Crippen LogP contribution in [0, 0.1) is 0 Å². The highest BCUT2D eigenvalue weighted by molar-refractivity contribution is 5.23. The van der Waals surface area contributed by atoms with Crippen LogP contribution >= 0.6 is 0 Å². The summed E-state index contributed by atoms with van der Waals surface area (Å²) in [5.41, 5.74) is 8.16. The SMILES string of the molecule is COCCC(C)N(C)Cc1cccc(CN)c1. The van der Waals surface area contributed by atoms with Crippen LogP contribution in [0.4, 0.5) is 0 Å². The first-order valence-corrected chi connectivity index (χ1v) is 6.14. The van der Waals surface area contributed by atoms with Gasteiger partial charge in [-0.05, 0) is 31.5 Å². The molecule has 17 heavy (non-hydrogen) atoms. The molecule has 3 heteroatoms. The molecule has 0 fully saturated rings. The van der Waals surface area contributed by atoms with Crippen molar-refractivity contribution in [3.63, 3.8) is 0 Å². The monoisotopic (exact) mass is 236 g/mol. The van der Waals surface area contributed by atoms with Gasteiger partial charge in [-0.3, -0.25) is 4.90 Å². The van der Waals surface area contributed by atoms with Crippen LogP contribution in [0.5, 0.6) is 0 Å². The van der Waals surface area contributed by atoms with Gasteiger partial charge in [0.1, 0.15) is 0 Å². The minimum atomic E-state index is 0.525. The third-order valence-corrected chi connectivity index (χ3v) is 3.15. The molecule has 0 spiro atoms. The second-order valence-corrected chi connectivity index (χ2v) is 4.57. The molecule has 0 aliphatic heterocycles. The summed E-state index contributed by atoms with van der Waals surface area (Å²) in [6.45, 7) is 4.61. The molecule has 1 unspecified atom stereocenters. The van der Waals surface area contributed by atoms with Crippen LogP contribution in [-0.2, 0) is 17.8 Å². The molecule has 96 valence electrons. The Labute approximate surface area is 105 Å². The first-order valence-electron chi connectivity index (χ1n) is 6.14. The Bertz CT molecular complexity index is 328. The smallest absolute Gasteiger partial charge is 0.0477 e. The van der Waals surface area contributed by atoms with Gasteiger partial charge < -0.3 is 10.5 Å². The third kappa shape index (κ3) is 4.86. The molecule has 2 N–H and O–H groups in total. The maximum Gasteiger partial charge on any atom is 0.0477 e. The third-order valence-electron chi connectivity index (χ3n) is 3.15. The van der Waals surface area contributed by atoms with Gasteiger partial charge in [-0.15, -0.1) is 0 Å². The summed E-state index contributed by atoms with van der Waals surface area (Å²) in [6, 6.07) is 9.00. The van der Waals surface area contributed by atoms with E-state index in [1.807, 2.05) is 0 Å². The van der Waals surface area contributed by atoms with Crippen LogP contribution in [0.25, 0.3) is 0 Å². The molecule has 0 saturated carbocycles. The van der Waals surface area contributed by atoms with Gasteiger partial charge in [0.15, 0.2) is 0 Å². The molecule has 0 heterocycles. The van der Waals surface area contributed by atoms with E-state index >= 15 is 0 Å². The fourth-order valence-corrected chi connectivity index (χ4v) is 1.81. The van der Waals surface area contributed by atoms with Crippen molar-refractivity contribution in [2.45, 2.75) is 32.5 Å². The number of benzene rings is 1. The number of ether oxygens (including phenoxy) is 1. The molecule has 0 aliphatic carbocycles. The average molecular weight is 236 g/mol. The summed E-state index contributed by atoms with van der Waals surface area (Å²) >= 11 is 0. The predicted molar refractivity (Wildman–Crippen MR) is 71.8 cm³/mol. The van der Waals surface area contributed by atoms with Crippen LogP contribution in [0.15, 0.2) is 24.3 Å². The lowest BCUT2D eigenvalue weighted by Crippen LogP contribution is -2.29. The number of nitrogens with two attached hydrogens (primary N) is 1. The largest absolute Gasteiger partial charge is 0.385 e. The van der Waals surface area contributed by atoms with Crippen molar-refractivity contribution in [3.05, 3.63) is 35.4 Å². The molecule has 3 nitrogen and oxygen atoms in total. The quantitative estimate of drug-likeness (QED) is 0.787. The van der Waals surface area contributed by atoms with Crippen LogP contribution in [0.3, 0.4) is 0 Å². The molecule has 0 bridgehead atoms. The molecule has 0 saturated heterocycles. The highest BCUT2D eigenvalue weighted by atomic mass is 16.5. The first-order chi connectivity index (χ1) is 8.17. The minimum Gasteiger partial charge on any atom is -0.385 e. The highest BCUT2D eigenvalue weighted by Crippen LogP contribution is 2.10. The molecule has 1 aromatic rings. The normalized spacial score (nSPS) is 13.0. The van der Waals surface area contributed by atoms with Crippen LogP contribution in [0.1, 0.15) is 24.5 Å². The Morgan fingerprint density at radius 1 is 1.35 bits per heavy atom. The molecule has 0 radical (unpaired) electrons. The minimum absolute atomic E-state index is 0.525. The molecule has 0 aliphatic rings. The lowest BCUT2D eigenvalue weighted by atomic mass is 10.1. The van der Waals surface area contributed by atoms with E-state index < -0.39 is 0 Å². The number of hydrogen-bond acceptors (Lipinski definition) is 3. The summed E-state index contributed by atoms with van der Waals surface area (Å²) in [4.78, 5) is 2.34. The van der Waals surface area contributed by atoms with Gasteiger partial charge in [0, 0.05) is 32.8 Å². The van der Waals surface area contributed by atoms with Gasteiger partial charge in [-0.25, -0.2) is 0 Å². The summed E-state index contributed by atoms with van der Waals surface area (Å²) in [5, 5.41) is 0. The van der Waals surface area contributed by atoms with Gasteiger partial charge in [-0.2, -0.15) is 0 Å². The summed E-state index contributed by atoms with van der Waals surface area (Å²) in [7, 11) is 3.90. The maximum absolute atomic E-state index is 5.64. The van der Waals surface area contributed by atoms with Crippen LogP contribution in [-0.4, -0.2) is 31.7 Å². The van der Waals surface area contributed by atoms with E-state index in [1.54, 1.807) is 7.11 Å². The molecular formula is C14H24N2O. The van der Waals surface area contributed by atoms with Crippen molar-refractivity contribution >= 4 is 0 Å². The first kappa shape index (κ1) is 14.2. The van der Waals surface area contributed by atoms with E-state index in [0.717, 1.165) is 19.6 Å². The highest BCUT2D eigenvalue weighted by Gasteiger charge is 2.09. The summed E-state index contributed by atoms with van der Waals surface area (Å²) in [6.07, 6.45) is 1.06. The maximum atomic E-state index is 5.64. The Morgan fingerprint density at radius 3 is 2.71 bits per heavy atom. The predicted octanol–water partition coefficient (Wildman–Crippen LogP) is 2.00. The average Bonchev–Trinajstić information content (AvgIpc) is 2.36. The second-order valence-electron chi connectivity index (χ2n) is 4.57. The number of rotatable bonds is 7. The van der Waals surface area contributed by atoms with Gasteiger partial charge in [-0.1, -0.05) is 24.3 Å². The molecule has 1 atom stereocenters. The standard InChI is InChI=1S/C14H24N2O/c1-12(7-8-17-3)16(2)11-14-6-4-5-13(9-14)10-15/h4-6,9,12H,7-8,10-11,15H2,1-3H3. The van der Waals surface area contributed by atoms with Gasteiger partial charge >= 0.3 is 0 Å².